The third-order valence-electron chi connectivity index (χ3n) is 11.5. The van der Waals surface area contributed by atoms with Crippen molar-refractivity contribution in [2.75, 3.05) is 26.8 Å². The van der Waals surface area contributed by atoms with Gasteiger partial charge in [0, 0.05) is 36.6 Å². The molecule has 3 aliphatic rings. The van der Waals surface area contributed by atoms with E-state index in [4.69, 9.17) is 14.5 Å². The lowest BCUT2D eigenvalue weighted by Crippen LogP contribution is -2.51. The Hall–Kier alpha value is -3.66. The molecule has 3 N–H and O–H groups in total. The van der Waals surface area contributed by atoms with Gasteiger partial charge in [-0.2, -0.15) is 67.5 Å². The average molecular weight is 916 g/mol. The van der Waals surface area contributed by atoms with Crippen LogP contribution >= 0.6 is 67.5 Å². The fourth-order valence-electron chi connectivity index (χ4n) is 7.96. The Morgan fingerprint density at radius 3 is 2.22 bits per heavy atom. The van der Waals surface area contributed by atoms with Crippen LogP contribution in [0.15, 0.2) is 60.8 Å². The fraction of sp³-hybridized carbons (Fsp3) is 0.465. The van der Waals surface area contributed by atoms with E-state index in [-0.39, 0.29) is 109 Å². The third-order valence-corrected chi connectivity index (χ3v) is 11.5. The molecule has 0 bridgehead atoms. The number of imidazole rings is 2. The first-order valence-corrected chi connectivity index (χ1v) is 19.3. The van der Waals surface area contributed by atoms with Crippen LogP contribution in [0, 0.1) is 29.6 Å². The molecule has 3 fully saturated rings. The first-order valence-electron chi connectivity index (χ1n) is 19.3. The Balaban J connectivity index is 0.00000248. The van der Waals surface area contributed by atoms with E-state index in [0.717, 1.165) is 57.7 Å². The van der Waals surface area contributed by atoms with Crippen molar-refractivity contribution < 1.29 is 23.9 Å². The van der Waals surface area contributed by atoms with Crippen LogP contribution in [-0.2, 0) is 19.1 Å². The van der Waals surface area contributed by atoms with Gasteiger partial charge < -0.3 is 34.6 Å². The van der Waals surface area contributed by atoms with Crippen molar-refractivity contribution in [1.29, 1.82) is 0 Å². The summed E-state index contributed by atoms with van der Waals surface area (Å²) in [5.74, 6) is 8.01. The number of hydrogen-bond donors (Lipinski definition) is 3. The van der Waals surface area contributed by atoms with Gasteiger partial charge >= 0.3 is 6.09 Å². The highest BCUT2D eigenvalue weighted by atomic mass is 32.1. The minimum atomic E-state index is -0.747. The van der Waals surface area contributed by atoms with Crippen molar-refractivity contribution in [2.24, 2.45) is 17.8 Å². The molecule has 0 saturated carbocycles. The summed E-state index contributed by atoms with van der Waals surface area (Å²) in [6.45, 7) is 15.8. The number of fused-ring (bicyclic) bond motifs is 1. The zero-order valence-corrected chi connectivity index (χ0v) is 40.1. The fourth-order valence-corrected chi connectivity index (χ4v) is 7.96. The van der Waals surface area contributed by atoms with Crippen molar-refractivity contribution in [1.82, 2.24) is 35.1 Å². The van der Waals surface area contributed by atoms with Crippen molar-refractivity contribution in [3.8, 4) is 23.1 Å². The molecule has 328 valence electrons. The highest BCUT2D eigenvalue weighted by Crippen LogP contribution is 2.45. The number of aromatic nitrogens is 4. The van der Waals surface area contributed by atoms with Gasteiger partial charge in [0.25, 0.3) is 0 Å². The molecule has 3 aliphatic heterocycles. The smallest absolute Gasteiger partial charge is 0.407 e. The molecule has 0 unspecified atom stereocenters. The van der Waals surface area contributed by atoms with Gasteiger partial charge in [0.2, 0.25) is 11.8 Å². The second-order valence-corrected chi connectivity index (χ2v) is 16.0. The van der Waals surface area contributed by atoms with Gasteiger partial charge in [-0.1, -0.05) is 70.7 Å². The molecule has 3 saturated heterocycles. The highest BCUT2D eigenvalue weighted by Gasteiger charge is 2.51. The number of nitrogens with one attached hydrogen (secondary N) is 3. The standard InChI is InChI=1S/C43H51N7O5.5H2S/c1-25(2)28(6)40(51)49-23-27(5)19-35(49)38-44-22-34(47-38)31-14-11-29(12-15-31)9-10-30-13-16-32-33(20-30)46-39(45-32)36-21-43(17-8-18-55-43)24-50(36)41(52)37(26(3)4)48-42(53)54-7;;;;;/h11-16,20,22,25-26,28,35-37H,5,8,17-19,21,23-24H2,1-4,6-7H3,(H,44,47)(H,45,46)(H,48,53);5*1H2/t28-,35-,36-,37-,43-;;;;;/m0...../s1. The predicted octanol–water partition coefficient (Wildman–Crippen LogP) is 7.24. The Morgan fingerprint density at radius 2 is 1.58 bits per heavy atom. The average Bonchev–Trinajstić information content (AvgIpc) is 4.03. The van der Waals surface area contributed by atoms with Gasteiger partial charge in [0.1, 0.15) is 17.7 Å². The summed E-state index contributed by atoms with van der Waals surface area (Å²) in [5.41, 5.74) is 5.75. The van der Waals surface area contributed by atoms with Gasteiger partial charge in [-0.25, -0.2) is 14.8 Å². The number of hydrogen-bond acceptors (Lipinski definition) is 7. The number of rotatable bonds is 8. The summed E-state index contributed by atoms with van der Waals surface area (Å²) < 4.78 is 11.1. The molecule has 60 heavy (non-hydrogen) atoms. The molecule has 5 atom stereocenters. The van der Waals surface area contributed by atoms with Crippen LogP contribution < -0.4 is 5.32 Å². The van der Waals surface area contributed by atoms with Gasteiger partial charge in [0.15, 0.2) is 0 Å². The van der Waals surface area contributed by atoms with Crippen LogP contribution in [0.25, 0.3) is 22.3 Å². The molecule has 0 aliphatic carbocycles. The molecule has 17 heteroatoms. The van der Waals surface area contributed by atoms with Crippen LogP contribution in [0.3, 0.4) is 0 Å². The lowest BCUT2D eigenvalue weighted by Gasteiger charge is -2.30. The van der Waals surface area contributed by atoms with Crippen molar-refractivity contribution in [3.63, 3.8) is 0 Å². The molecule has 5 heterocycles. The Bertz CT molecular complexity index is 2170. The summed E-state index contributed by atoms with van der Waals surface area (Å²) in [7, 11) is 1.29. The van der Waals surface area contributed by atoms with Crippen molar-refractivity contribution >= 4 is 96.4 Å². The lowest BCUT2D eigenvalue weighted by atomic mass is 9.96. The minimum Gasteiger partial charge on any atom is -0.453 e. The maximum absolute atomic E-state index is 14.0. The van der Waals surface area contributed by atoms with Gasteiger partial charge in [-0.3, -0.25) is 9.59 Å². The normalized spacial score (nSPS) is 20.2. The number of carbonyl (C=O) groups excluding carboxylic acids is 3. The van der Waals surface area contributed by atoms with Gasteiger partial charge in [-0.05, 0) is 67.0 Å². The summed E-state index contributed by atoms with van der Waals surface area (Å²) in [5, 5.41) is 2.73. The Kier molecular flexibility index (Phi) is 19.2. The number of aromatic amines is 2. The lowest BCUT2D eigenvalue weighted by molar-refractivity contribution is -0.137. The zero-order chi connectivity index (χ0) is 39.0. The van der Waals surface area contributed by atoms with E-state index in [0.29, 0.717) is 38.4 Å². The van der Waals surface area contributed by atoms with E-state index in [1.807, 2.05) is 79.2 Å². The first kappa shape index (κ1) is 52.5. The summed E-state index contributed by atoms with van der Waals surface area (Å²) in [6, 6.07) is 12.6. The molecule has 2 aromatic carbocycles. The summed E-state index contributed by atoms with van der Waals surface area (Å²) >= 11 is 0. The van der Waals surface area contributed by atoms with Crippen molar-refractivity contribution in [2.45, 2.75) is 84.0 Å². The zero-order valence-electron chi connectivity index (χ0n) is 35.1. The van der Waals surface area contributed by atoms with Gasteiger partial charge in [-0.15, -0.1) is 0 Å². The topological polar surface area (TPSA) is 146 Å². The molecular weight excluding hydrogens is 855 g/mol. The van der Waals surface area contributed by atoms with Crippen LogP contribution in [0.4, 0.5) is 4.79 Å². The number of likely N-dealkylation sites (tertiary alicyclic amines) is 2. The monoisotopic (exact) mass is 915 g/mol. The summed E-state index contributed by atoms with van der Waals surface area (Å²) in [6.07, 6.45) is 4.31. The number of amides is 3. The van der Waals surface area contributed by atoms with Crippen LogP contribution in [0.1, 0.15) is 95.2 Å². The number of carbonyl (C=O) groups is 3. The van der Waals surface area contributed by atoms with E-state index in [9.17, 15) is 14.4 Å². The minimum absolute atomic E-state index is 0. The number of ether oxygens (including phenoxy) is 2. The third kappa shape index (κ3) is 11.0. The van der Waals surface area contributed by atoms with E-state index < -0.39 is 17.7 Å². The van der Waals surface area contributed by atoms with E-state index in [1.165, 1.54) is 7.11 Å². The predicted molar refractivity (Wildman–Crippen MR) is 261 cm³/mol. The molecule has 1 spiro atoms. The van der Waals surface area contributed by atoms with E-state index >= 15 is 0 Å². The molecule has 2 aromatic heterocycles. The van der Waals surface area contributed by atoms with Crippen LogP contribution in [0.5, 0.6) is 0 Å². The molecule has 0 radical (unpaired) electrons. The highest BCUT2D eigenvalue weighted by molar-refractivity contribution is 7.60. The maximum Gasteiger partial charge on any atom is 0.407 e. The summed E-state index contributed by atoms with van der Waals surface area (Å²) in [4.78, 5) is 59.7. The molecule has 7 rings (SSSR count). The SMILES string of the molecule is C=C1C[C@@H](c2ncc(-c3ccc(C#Cc4ccc5nc([C@@H]6C[C@@]7(CCCO7)CN6C(=O)[C@@H](NC(=O)OC)C(C)C)[nH]c5c4)cc3)[nH]2)N(C(=O)[C@@H](C)C(C)C)C1.S.S.S.S.S. The van der Waals surface area contributed by atoms with Crippen molar-refractivity contribution in [3.05, 3.63) is 83.6 Å². The quantitative estimate of drug-likeness (QED) is 0.125. The molecule has 3 amide bonds. The molecular formula is C43H61N7O5S5. The Morgan fingerprint density at radius 1 is 0.900 bits per heavy atom. The second kappa shape index (κ2) is 21.9. The Labute approximate surface area is 388 Å². The largest absolute Gasteiger partial charge is 0.453 e. The number of alkyl carbamates (subject to hydrolysis) is 1. The van der Waals surface area contributed by atoms with E-state index in [1.54, 1.807) is 0 Å². The number of nitrogens with zero attached hydrogens (tertiary/aromatic N) is 4. The number of H-pyrrole nitrogens is 2. The van der Waals surface area contributed by atoms with E-state index in [2.05, 4.69) is 52.5 Å². The van der Waals surface area contributed by atoms with Crippen LogP contribution in [-0.4, -0.2) is 86.1 Å². The van der Waals surface area contributed by atoms with Gasteiger partial charge in [0.05, 0.1) is 54.3 Å². The number of methoxy groups -OCH3 is 1. The number of benzene rings is 2. The molecule has 4 aromatic rings. The molecule has 12 nitrogen and oxygen atoms in total. The maximum atomic E-state index is 14.0. The van der Waals surface area contributed by atoms with Crippen LogP contribution in [0.2, 0.25) is 0 Å². The first-order chi connectivity index (χ1) is 26.3. The second-order valence-electron chi connectivity index (χ2n) is 16.0.